The molecule has 3 rings (SSSR count). The summed E-state index contributed by atoms with van der Waals surface area (Å²) in [7, 11) is 0. The second kappa shape index (κ2) is 2.80. The molecule has 1 N–H and O–H groups in total. The van der Waals surface area contributed by atoms with Crippen molar-refractivity contribution in [3.05, 3.63) is 28.5 Å². The zero-order valence-electron chi connectivity index (χ0n) is 7.78. The van der Waals surface area contributed by atoms with Crippen LogP contribution in [0.15, 0.2) is 22.9 Å². The molecule has 2 aliphatic rings. The smallest absolute Gasteiger partial charge is 0.0975 e. The highest BCUT2D eigenvalue weighted by Gasteiger charge is 2.66. The Bertz CT molecular complexity index is 369. The van der Waals surface area contributed by atoms with Crippen molar-refractivity contribution >= 4 is 15.9 Å². The van der Waals surface area contributed by atoms with Crippen LogP contribution in [0.2, 0.25) is 0 Å². The third-order valence-corrected chi connectivity index (χ3v) is 4.14. The van der Waals surface area contributed by atoms with Gasteiger partial charge < -0.3 is 5.11 Å². The predicted molar refractivity (Wildman–Crippen MR) is 56.7 cm³/mol. The van der Waals surface area contributed by atoms with E-state index < -0.39 is 5.60 Å². The summed E-state index contributed by atoms with van der Waals surface area (Å²) in [4.78, 5) is 4.11. The van der Waals surface area contributed by atoms with Crippen LogP contribution in [-0.2, 0) is 5.60 Å². The Kier molecular flexibility index (Phi) is 1.77. The number of nitrogens with zero attached hydrogens (tertiary/aromatic N) is 1. The van der Waals surface area contributed by atoms with Gasteiger partial charge in [-0.2, -0.15) is 0 Å². The lowest BCUT2D eigenvalue weighted by Gasteiger charge is -2.14. The highest BCUT2D eigenvalue weighted by Crippen LogP contribution is 2.66. The van der Waals surface area contributed by atoms with Gasteiger partial charge in [0.15, 0.2) is 0 Å². The van der Waals surface area contributed by atoms with Gasteiger partial charge in [0.1, 0.15) is 0 Å². The molecule has 0 saturated heterocycles. The molecule has 2 fully saturated rings. The molecule has 2 saturated carbocycles. The second-order valence-electron chi connectivity index (χ2n) is 4.36. The predicted octanol–water partition coefficient (Wildman–Crippen LogP) is 2.46. The van der Waals surface area contributed by atoms with Crippen LogP contribution in [0.1, 0.15) is 24.8 Å². The van der Waals surface area contributed by atoms with E-state index in [0.717, 1.165) is 10.0 Å². The van der Waals surface area contributed by atoms with Crippen LogP contribution in [0.25, 0.3) is 0 Å². The van der Waals surface area contributed by atoms with E-state index in [-0.39, 0.29) is 0 Å². The van der Waals surface area contributed by atoms with Crippen molar-refractivity contribution in [1.82, 2.24) is 4.98 Å². The molecule has 74 valence electrons. The molecular formula is C11H12BrNO. The highest BCUT2D eigenvalue weighted by molar-refractivity contribution is 9.10. The number of rotatable bonds is 1. The van der Waals surface area contributed by atoms with Gasteiger partial charge in [-0.3, -0.25) is 4.98 Å². The van der Waals surface area contributed by atoms with E-state index >= 15 is 0 Å². The molecule has 14 heavy (non-hydrogen) atoms. The minimum absolute atomic E-state index is 0.499. The molecule has 2 atom stereocenters. The summed E-state index contributed by atoms with van der Waals surface area (Å²) in [5.74, 6) is 0.997. The fraction of sp³-hybridized carbons (Fsp3) is 0.545. The molecule has 0 amide bonds. The van der Waals surface area contributed by atoms with Crippen LogP contribution in [0.5, 0.6) is 0 Å². The van der Waals surface area contributed by atoms with Crippen molar-refractivity contribution in [2.45, 2.75) is 24.9 Å². The van der Waals surface area contributed by atoms with Crippen LogP contribution in [0.4, 0.5) is 0 Å². The lowest BCUT2D eigenvalue weighted by Crippen LogP contribution is -2.13. The van der Waals surface area contributed by atoms with E-state index in [1.54, 1.807) is 12.4 Å². The normalized spacial score (nSPS) is 39.6. The Labute approximate surface area is 91.5 Å². The molecule has 1 aromatic rings. The average molecular weight is 254 g/mol. The van der Waals surface area contributed by atoms with Crippen molar-refractivity contribution in [2.75, 3.05) is 0 Å². The monoisotopic (exact) mass is 253 g/mol. The van der Waals surface area contributed by atoms with Gasteiger partial charge in [0.05, 0.1) is 5.60 Å². The third kappa shape index (κ3) is 1.03. The maximum atomic E-state index is 10.4. The minimum Gasteiger partial charge on any atom is -0.385 e. The summed E-state index contributed by atoms with van der Waals surface area (Å²) in [6.45, 7) is 0. The Morgan fingerprint density at radius 3 is 2.71 bits per heavy atom. The van der Waals surface area contributed by atoms with Crippen molar-refractivity contribution < 1.29 is 5.11 Å². The minimum atomic E-state index is -0.547. The molecular weight excluding hydrogens is 242 g/mol. The summed E-state index contributed by atoms with van der Waals surface area (Å²) < 4.78 is 0.952. The van der Waals surface area contributed by atoms with E-state index in [4.69, 9.17) is 0 Å². The van der Waals surface area contributed by atoms with Crippen LogP contribution in [-0.4, -0.2) is 10.1 Å². The molecule has 0 radical (unpaired) electrons. The van der Waals surface area contributed by atoms with Crippen molar-refractivity contribution in [2.24, 2.45) is 11.8 Å². The van der Waals surface area contributed by atoms with Crippen LogP contribution < -0.4 is 0 Å². The van der Waals surface area contributed by atoms with Gasteiger partial charge in [-0.1, -0.05) is 6.42 Å². The number of hydrogen-bond donors (Lipinski definition) is 1. The molecule has 0 aromatic carbocycles. The first-order chi connectivity index (χ1) is 6.73. The molecule has 0 spiro atoms. The number of fused-ring (bicyclic) bond motifs is 1. The van der Waals surface area contributed by atoms with Crippen molar-refractivity contribution in [3.63, 3.8) is 0 Å². The summed E-state index contributed by atoms with van der Waals surface area (Å²) in [6, 6.07) is 1.99. The Morgan fingerprint density at radius 1 is 1.36 bits per heavy atom. The lowest BCUT2D eigenvalue weighted by molar-refractivity contribution is 0.105. The van der Waals surface area contributed by atoms with E-state index in [9.17, 15) is 5.11 Å². The lowest BCUT2D eigenvalue weighted by atomic mass is 10.0. The first kappa shape index (κ1) is 8.86. The highest BCUT2D eigenvalue weighted by atomic mass is 79.9. The number of aromatic nitrogens is 1. The van der Waals surface area contributed by atoms with Crippen LogP contribution in [0, 0.1) is 11.8 Å². The summed E-state index contributed by atoms with van der Waals surface area (Å²) in [5.41, 5.74) is 0.441. The molecule has 2 nitrogen and oxygen atoms in total. The van der Waals surface area contributed by atoms with E-state index in [2.05, 4.69) is 20.9 Å². The Hall–Kier alpha value is -0.410. The van der Waals surface area contributed by atoms with Crippen LogP contribution >= 0.6 is 15.9 Å². The zero-order chi connectivity index (χ0) is 9.76. The van der Waals surface area contributed by atoms with Gasteiger partial charge in [0.2, 0.25) is 0 Å². The van der Waals surface area contributed by atoms with Gasteiger partial charge in [0.25, 0.3) is 0 Å². The maximum absolute atomic E-state index is 10.4. The quantitative estimate of drug-likeness (QED) is 0.835. The topological polar surface area (TPSA) is 33.1 Å². The second-order valence-corrected chi connectivity index (χ2v) is 5.28. The van der Waals surface area contributed by atoms with Gasteiger partial charge in [-0.15, -0.1) is 0 Å². The van der Waals surface area contributed by atoms with Crippen molar-refractivity contribution in [3.8, 4) is 0 Å². The van der Waals surface area contributed by atoms with Crippen LogP contribution in [0.3, 0.4) is 0 Å². The fourth-order valence-electron chi connectivity index (χ4n) is 2.98. The molecule has 1 heterocycles. The largest absolute Gasteiger partial charge is 0.385 e. The van der Waals surface area contributed by atoms with E-state index in [0.29, 0.717) is 11.8 Å². The standard InChI is InChI=1S/C11H12BrNO/c12-8-4-7(5-13-6-8)11(14)9-2-1-3-10(9)11/h4-6,9-10,14H,1-3H2. The first-order valence-electron chi connectivity index (χ1n) is 5.06. The van der Waals surface area contributed by atoms with Gasteiger partial charge >= 0.3 is 0 Å². The molecule has 1 aromatic heterocycles. The number of pyridine rings is 1. The van der Waals surface area contributed by atoms with Gasteiger partial charge in [-0.25, -0.2) is 0 Å². The molecule has 0 bridgehead atoms. The van der Waals surface area contributed by atoms with Gasteiger partial charge in [-0.05, 0) is 46.7 Å². The number of aliphatic hydroxyl groups is 1. The first-order valence-corrected chi connectivity index (χ1v) is 5.85. The van der Waals surface area contributed by atoms with Crippen molar-refractivity contribution in [1.29, 1.82) is 0 Å². The molecule has 0 aliphatic heterocycles. The maximum Gasteiger partial charge on any atom is 0.0975 e. The molecule has 2 unspecified atom stereocenters. The summed E-state index contributed by atoms with van der Waals surface area (Å²) in [6.07, 6.45) is 7.18. The molecule has 3 heteroatoms. The summed E-state index contributed by atoms with van der Waals surface area (Å²) in [5, 5.41) is 10.4. The van der Waals surface area contributed by atoms with E-state index in [1.807, 2.05) is 6.07 Å². The third-order valence-electron chi connectivity index (χ3n) is 3.70. The SMILES string of the molecule is OC1(c2cncc(Br)c2)C2CCCC21. The van der Waals surface area contributed by atoms with E-state index in [1.165, 1.54) is 19.3 Å². The fourth-order valence-corrected chi connectivity index (χ4v) is 3.35. The summed E-state index contributed by atoms with van der Waals surface area (Å²) >= 11 is 3.39. The Balaban J connectivity index is 1.97. The van der Waals surface area contributed by atoms with Gasteiger partial charge in [0, 0.05) is 22.4 Å². The zero-order valence-corrected chi connectivity index (χ0v) is 9.37. The number of hydrogen-bond acceptors (Lipinski definition) is 2. The average Bonchev–Trinajstić information content (AvgIpc) is 2.62. The molecule has 2 aliphatic carbocycles. The Morgan fingerprint density at radius 2 is 2.07 bits per heavy atom. The number of halogens is 1.